The first-order chi connectivity index (χ1) is 8.56. The van der Waals surface area contributed by atoms with Crippen LogP contribution in [0, 0.1) is 11.8 Å². The van der Waals surface area contributed by atoms with Crippen LogP contribution >= 0.6 is 0 Å². The Labute approximate surface area is 106 Å². The van der Waals surface area contributed by atoms with Crippen molar-refractivity contribution in [2.75, 3.05) is 0 Å². The summed E-state index contributed by atoms with van der Waals surface area (Å²) in [6, 6.07) is 2.98. The van der Waals surface area contributed by atoms with E-state index in [-0.39, 0.29) is 23.2 Å². The molecule has 3 atom stereocenters. The highest BCUT2D eigenvalue weighted by molar-refractivity contribution is 5.92. The van der Waals surface area contributed by atoms with Gasteiger partial charge in [0.1, 0.15) is 5.69 Å². The largest absolute Gasteiger partial charge is 0.348 e. The van der Waals surface area contributed by atoms with Gasteiger partial charge in [-0.2, -0.15) is 5.10 Å². The molecule has 0 saturated heterocycles. The molecule has 1 aliphatic rings. The molecule has 0 aliphatic heterocycles. The van der Waals surface area contributed by atoms with Crippen molar-refractivity contribution in [3.05, 3.63) is 28.2 Å². The van der Waals surface area contributed by atoms with Gasteiger partial charge in [-0.05, 0) is 37.2 Å². The number of hydrogen-bond acceptors (Lipinski definition) is 3. The number of hydrogen-bond donors (Lipinski definition) is 2. The summed E-state index contributed by atoms with van der Waals surface area (Å²) in [6.07, 6.45) is 3.17. The number of nitrogens with zero attached hydrogens (tertiary/aromatic N) is 1. The van der Waals surface area contributed by atoms with Crippen LogP contribution in [0.4, 0.5) is 0 Å². The molecule has 1 aliphatic carbocycles. The fourth-order valence-electron chi connectivity index (χ4n) is 2.41. The molecule has 1 aromatic rings. The second-order valence-electron chi connectivity index (χ2n) is 5.24. The maximum Gasteiger partial charge on any atom is 0.271 e. The molecule has 0 bridgehead atoms. The zero-order valence-corrected chi connectivity index (χ0v) is 10.8. The lowest BCUT2D eigenvalue weighted by molar-refractivity contribution is 0.0904. The first-order valence-electron chi connectivity index (χ1n) is 6.43. The molecular weight excluding hydrogens is 230 g/mol. The molecule has 1 heterocycles. The van der Waals surface area contributed by atoms with Gasteiger partial charge in [0.2, 0.25) is 0 Å². The van der Waals surface area contributed by atoms with Crippen LogP contribution < -0.4 is 10.9 Å². The molecular formula is C13H19N3O2. The molecule has 1 fully saturated rings. The molecule has 3 unspecified atom stereocenters. The number of rotatable bonds is 2. The van der Waals surface area contributed by atoms with Crippen molar-refractivity contribution in [2.45, 2.75) is 39.2 Å². The maximum atomic E-state index is 11.9. The van der Waals surface area contributed by atoms with Crippen LogP contribution in [0.25, 0.3) is 0 Å². The van der Waals surface area contributed by atoms with E-state index in [1.165, 1.54) is 12.1 Å². The molecule has 5 heteroatoms. The Bertz CT molecular complexity index is 463. The normalized spacial score (nSPS) is 27.8. The summed E-state index contributed by atoms with van der Waals surface area (Å²) in [7, 11) is 0. The van der Waals surface area contributed by atoms with Crippen molar-refractivity contribution in [3.63, 3.8) is 0 Å². The van der Waals surface area contributed by atoms with E-state index in [2.05, 4.69) is 29.4 Å². The lowest BCUT2D eigenvalue weighted by Crippen LogP contribution is -2.40. The highest BCUT2D eigenvalue weighted by atomic mass is 16.2. The summed E-state index contributed by atoms with van der Waals surface area (Å²) in [4.78, 5) is 22.8. The molecule has 1 saturated carbocycles. The summed E-state index contributed by atoms with van der Waals surface area (Å²) in [5.74, 6) is 1.15. The van der Waals surface area contributed by atoms with Gasteiger partial charge in [0.25, 0.3) is 11.5 Å². The SMILES string of the molecule is CC1CCC(NC(=O)c2ccc(=O)[nH]n2)CC1C. The summed E-state index contributed by atoms with van der Waals surface area (Å²) in [5.41, 5.74) is -0.0347. The Hall–Kier alpha value is -1.65. The summed E-state index contributed by atoms with van der Waals surface area (Å²) in [6.45, 7) is 4.48. The van der Waals surface area contributed by atoms with E-state index in [4.69, 9.17) is 0 Å². The number of nitrogens with one attached hydrogen (secondary N) is 2. The van der Waals surface area contributed by atoms with Crippen LogP contribution in [-0.2, 0) is 0 Å². The van der Waals surface area contributed by atoms with Crippen molar-refractivity contribution in [2.24, 2.45) is 11.8 Å². The van der Waals surface area contributed by atoms with E-state index >= 15 is 0 Å². The van der Waals surface area contributed by atoms with Gasteiger partial charge in [-0.25, -0.2) is 5.10 Å². The van der Waals surface area contributed by atoms with E-state index in [0.717, 1.165) is 25.2 Å². The Morgan fingerprint density at radius 2 is 2.11 bits per heavy atom. The van der Waals surface area contributed by atoms with Crippen LogP contribution in [0.1, 0.15) is 43.6 Å². The van der Waals surface area contributed by atoms with E-state index in [9.17, 15) is 9.59 Å². The molecule has 2 N–H and O–H groups in total. The zero-order valence-electron chi connectivity index (χ0n) is 10.8. The monoisotopic (exact) mass is 249 g/mol. The lowest BCUT2D eigenvalue weighted by atomic mass is 9.79. The van der Waals surface area contributed by atoms with Gasteiger partial charge >= 0.3 is 0 Å². The van der Waals surface area contributed by atoms with E-state index in [0.29, 0.717) is 5.92 Å². The van der Waals surface area contributed by atoms with Gasteiger partial charge in [-0.3, -0.25) is 9.59 Å². The van der Waals surface area contributed by atoms with Crippen molar-refractivity contribution < 1.29 is 4.79 Å². The summed E-state index contributed by atoms with van der Waals surface area (Å²) >= 11 is 0. The van der Waals surface area contributed by atoms with Crippen LogP contribution in [-0.4, -0.2) is 22.1 Å². The van der Waals surface area contributed by atoms with Crippen LogP contribution in [0.3, 0.4) is 0 Å². The summed E-state index contributed by atoms with van der Waals surface area (Å²) in [5, 5.41) is 8.98. The van der Waals surface area contributed by atoms with E-state index < -0.39 is 0 Å². The number of carbonyl (C=O) groups excluding carboxylic acids is 1. The second-order valence-corrected chi connectivity index (χ2v) is 5.24. The molecule has 18 heavy (non-hydrogen) atoms. The minimum atomic E-state index is -0.299. The van der Waals surface area contributed by atoms with Crippen LogP contribution in [0.15, 0.2) is 16.9 Å². The third-order valence-corrected chi connectivity index (χ3v) is 3.85. The molecule has 98 valence electrons. The Morgan fingerprint density at radius 3 is 2.72 bits per heavy atom. The molecule has 0 spiro atoms. The van der Waals surface area contributed by atoms with Crippen molar-refractivity contribution >= 4 is 5.91 Å². The van der Waals surface area contributed by atoms with Crippen LogP contribution in [0.5, 0.6) is 0 Å². The maximum absolute atomic E-state index is 11.9. The number of aromatic amines is 1. The quantitative estimate of drug-likeness (QED) is 0.830. The number of amides is 1. The predicted molar refractivity (Wildman–Crippen MR) is 68.3 cm³/mol. The minimum Gasteiger partial charge on any atom is -0.348 e. The van der Waals surface area contributed by atoms with Gasteiger partial charge in [0.15, 0.2) is 0 Å². The first-order valence-corrected chi connectivity index (χ1v) is 6.43. The number of aromatic nitrogens is 2. The molecule has 5 nitrogen and oxygen atoms in total. The van der Waals surface area contributed by atoms with Gasteiger partial charge in [0.05, 0.1) is 0 Å². The highest BCUT2D eigenvalue weighted by Gasteiger charge is 2.25. The van der Waals surface area contributed by atoms with E-state index in [1.54, 1.807) is 0 Å². The Balaban J connectivity index is 1.95. The van der Waals surface area contributed by atoms with Gasteiger partial charge in [-0.15, -0.1) is 0 Å². The fraction of sp³-hybridized carbons (Fsp3) is 0.615. The highest BCUT2D eigenvalue weighted by Crippen LogP contribution is 2.29. The van der Waals surface area contributed by atoms with Crippen molar-refractivity contribution in [3.8, 4) is 0 Å². The van der Waals surface area contributed by atoms with Crippen LogP contribution in [0.2, 0.25) is 0 Å². The third-order valence-electron chi connectivity index (χ3n) is 3.85. The molecule has 0 aromatic carbocycles. The topological polar surface area (TPSA) is 74.8 Å². The average Bonchev–Trinajstić information content (AvgIpc) is 2.34. The number of H-pyrrole nitrogens is 1. The predicted octanol–water partition coefficient (Wildman–Crippen LogP) is 1.32. The lowest BCUT2D eigenvalue weighted by Gasteiger charge is -2.32. The second kappa shape index (κ2) is 5.33. The average molecular weight is 249 g/mol. The molecule has 1 amide bonds. The van der Waals surface area contributed by atoms with Gasteiger partial charge in [-0.1, -0.05) is 13.8 Å². The molecule has 1 aromatic heterocycles. The smallest absolute Gasteiger partial charge is 0.271 e. The van der Waals surface area contributed by atoms with Gasteiger partial charge < -0.3 is 5.32 Å². The number of carbonyl (C=O) groups is 1. The fourth-order valence-corrected chi connectivity index (χ4v) is 2.41. The van der Waals surface area contributed by atoms with Gasteiger partial charge in [0, 0.05) is 12.1 Å². The third kappa shape index (κ3) is 2.97. The van der Waals surface area contributed by atoms with Crippen molar-refractivity contribution in [1.82, 2.24) is 15.5 Å². The standard InChI is InChI=1S/C13H19N3O2/c1-8-3-4-10(7-9(8)2)14-13(18)11-5-6-12(17)16-15-11/h5-6,8-10H,3-4,7H2,1-2H3,(H,14,18)(H,16,17). The summed E-state index contributed by atoms with van der Waals surface area (Å²) < 4.78 is 0. The Morgan fingerprint density at radius 1 is 1.33 bits per heavy atom. The first kappa shape index (κ1) is 12.8. The van der Waals surface area contributed by atoms with E-state index in [1.807, 2.05) is 0 Å². The van der Waals surface area contributed by atoms with Crippen molar-refractivity contribution in [1.29, 1.82) is 0 Å². The Kier molecular flexibility index (Phi) is 3.79. The zero-order chi connectivity index (χ0) is 13.1. The molecule has 0 radical (unpaired) electrons. The molecule has 2 rings (SSSR count). The minimum absolute atomic E-state index is 0.210.